The average molecular weight is 469 g/mol. The van der Waals surface area contributed by atoms with E-state index in [1.54, 1.807) is 18.4 Å². The van der Waals surface area contributed by atoms with Gasteiger partial charge in [0.2, 0.25) is 5.88 Å². The summed E-state index contributed by atoms with van der Waals surface area (Å²) in [7, 11) is 1.63. The topological polar surface area (TPSA) is 85.3 Å². The molecule has 2 unspecified atom stereocenters. The number of rotatable bonds is 9. The maximum absolute atomic E-state index is 6.08. The summed E-state index contributed by atoms with van der Waals surface area (Å²) in [6.45, 7) is 10.5. The number of aromatic nitrogens is 4. The first-order chi connectivity index (χ1) is 16.1. The summed E-state index contributed by atoms with van der Waals surface area (Å²) in [5, 5.41) is 6.71. The van der Waals surface area contributed by atoms with Crippen LogP contribution in [0.1, 0.15) is 37.9 Å². The third kappa shape index (κ3) is 4.94. The van der Waals surface area contributed by atoms with Crippen molar-refractivity contribution in [2.75, 3.05) is 37.0 Å². The lowest BCUT2D eigenvalue weighted by Crippen LogP contribution is -2.35. The number of aryl methyl sites for hydroxylation is 3. The highest BCUT2D eigenvalue weighted by Gasteiger charge is 2.35. The second-order valence-electron chi connectivity index (χ2n) is 7.97. The van der Waals surface area contributed by atoms with Crippen molar-refractivity contribution in [3.05, 3.63) is 40.8 Å². The Bertz CT molecular complexity index is 1080. The normalized spacial score (nSPS) is 18.0. The van der Waals surface area contributed by atoms with Crippen LogP contribution in [0.3, 0.4) is 0 Å². The van der Waals surface area contributed by atoms with Gasteiger partial charge >= 0.3 is 0 Å². The van der Waals surface area contributed by atoms with Crippen LogP contribution in [0.2, 0.25) is 0 Å². The maximum Gasteiger partial charge on any atom is 0.213 e. The summed E-state index contributed by atoms with van der Waals surface area (Å²) in [5.74, 6) is 1.44. The number of hydrogen-bond acceptors (Lipinski definition) is 9. The predicted octanol–water partition coefficient (Wildman–Crippen LogP) is 4.14. The second kappa shape index (κ2) is 10.4. The molecule has 9 heteroatoms. The standard InChI is InChI=1S/C24H32N6O2S/c1-6-17-22(16-9-10-21(31-5)26-15(16)4)27-18(7-2)23(28-17)29-19-13-30(14-20(19)32-8-3)24-25-11-12-33-24/h9-12,19-20H,6-8,13-14H2,1-5H3,(H,28,29). The van der Waals surface area contributed by atoms with Gasteiger partial charge in [0.05, 0.1) is 42.0 Å². The number of hydrogen-bond donors (Lipinski definition) is 1. The fourth-order valence-electron chi connectivity index (χ4n) is 4.23. The zero-order chi connectivity index (χ0) is 23.4. The quantitative estimate of drug-likeness (QED) is 0.501. The van der Waals surface area contributed by atoms with Crippen molar-refractivity contribution in [3.63, 3.8) is 0 Å². The minimum absolute atomic E-state index is 0.0585. The van der Waals surface area contributed by atoms with E-state index >= 15 is 0 Å². The molecule has 1 N–H and O–H groups in total. The SMILES string of the molecule is CCOC1CN(c2nccs2)CC1Nc1nc(CC)c(-c2ccc(OC)nc2C)nc1CC. The van der Waals surface area contributed by atoms with E-state index in [0.717, 1.165) is 65.2 Å². The van der Waals surface area contributed by atoms with E-state index in [2.05, 4.69) is 34.0 Å². The highest BCUT2D eigenvalue weighted by atomic mass is 32.1. The zero-order valence-electron chi connectivity index (χ0n) is 20.0. The molecule has 1 aliphatic rings. The number of methoxy groups -OCH3 is 1. The third-order valence-electron chi connectivity index (χ3n) is 5.89. The van der Waals surface area contributed by atoms with Crippen molar-refractivity contribution in [2.24, 2.45) is 0 Å². The summed E-state index contributed by atoms with van der Waals surface area (Å²) >= 11 is 1.65. The first-order valence-electron chi connectivity index (χ1n) is 11.5. The van der Waals surface area contributed by atoms with Gasteiger partial charge in [-0.15, -0.1) is 11.3 Å². The van der Waals surface area contributed by atoms with Gasteiger partial charge in [-0.25, -0.2) is 19.9 Å². The molecular formula is C24H32N6O2S. The van der Waals surface area contributed by atoms with Crippen molar-refractivity contribution in [1.82, 2.24) is 19.9 Å². The van der Waals surface area contributed by atoms with Gasteiger partial charge in [-0.3, -0.25) is 0 Å². The number of ether oxygens (including phenoxy) is 2. The number of anilines is 2. The monoisotopic (exact) mass is 468 g/mol. The van der Waals surface area contributed by atoms with Crippen LogP contribution in [0, 0.1) is 6.92 Å². The molecule has 8 nitrogen and oxygen atoms in total. The van der Waals surface area contributed by atoms with Crippen molar-refractivity contribution < 1.29 is 9.47 Å². The Kier molecular flexibility index (Phi) is 7.39. The molecule has 0 amide bonds. The van der Waals surface area contributed by atoms with Crippen LogP contribution in [0.15, 0.2) is 23.7 Å². The van der Waals surface area contributed by atoms with Crippen molar-refractivity contribution in [1.29, 1.82) is 0 Å². The Hall–Kier alpha value is -2.78. The molecule has 0 aromatic carbocycles. The predicted molar refractivity (Wildman–Crippen MR) is 132 cm³/mol. The minimum Gasteiger partial charge on any atom is -0.481 e. The summed E-state index contributed by atoms with van der Waals surface area (Å²) < 4.78 is 11.4. The van der Waals surface area contributed by atoms with E-state index in [9.17, 15) is 0 Å². The van der Waals surface area contributed by atoms with E-state index < -0.39 is 0 Å². The van der Waals surface area contributed by atoms with E-state index in [1.807, 2.05) is 37.6 Å². The van der Waals surface area contributed by atoms with E-state index in [1.165, 1.54) is 0 Å². The van der Waals surface area contributed by atoms with Crippen molar-refractivity contribution in [3.8, 4) is 17.1 Å². The molecule has 0 saturated carbocycles. The molecule has 33 heavy (non-hydrogen) atoms. The van der Waals surface area contributed by atoms with Crippen LogP contribution in [0.25, 0.3) is 11.3 Å². The van der Waals surface area contributed by atoms with Gasteiger partial charge < -0.3 is 19.7 Å². The number of nitrogens with zero attached hydrogens (tertiary/aromatic N) is 5. The Morgan fingerprint density at radius 2 is 1.91 bits per heavy atom. The molecule has 0 aliphatic carbocycles. The highest BCUT2D eigenvalue weighted by Crippen LogP contribution is 2.30. The number of nitrogens with one attached hydrogen (secondary N) is 1. The van der Waals surface area contributed by atoms with Gasteiger partial charge in [0.25, 0.3) is 0 Å². The van der Waals surface area contributed by atoms with E-state index in [4.69, 9.17) is 19.4 Å². The maximum atomic E-state index is 6.08. The minimum atomic E-state index is 0.0585. The molecule has 0 spiro atoms. The zero-order valence-corrected chi connectivity index (χ0v) is 20.8. The Labute approximate surface area is 199 Å². The number of pyridine rings is 1. The number of thiazole rings is 1. The fraction of sp³-hybridized carbons (Fsp3) is 0.500. The molecule has 3 aromatic heterocycles. The van der Waals surface area contributed by atoms with Crippen LogP contribution < -0.4 is 15.0 Å². The molecule has 1 fully saturated rings. The lowest BCUT2D eigenvalue weighted by molar-refractivity contribution is 0.0719. The van der Waals surface area contributed by atoms with Crippen molar-refractivity contribution >= 4 is 22.3 Å². The third-order valence-corrected chi connectivity index (χ3v) is 6.73. The average Bonchev–Trinajstić information content (AvgIpc) is 3.49. The summed E-state index contributed by atoms with van der Waals surface area (Å²) in [5.41, 5.74) is 4.66. The molecule has 4 heterocycles. The van der Waals surface area contributed by atoms with E-state index in [-0.39, 0.29) is 12.1 Å². The Balaban J connectivity index is 1.65. The highest BCUT2D eigenvalue weighted by molar-refractivity contribution is 7.13. The van der Waals surface area contributed by atoms with Crippen LogP contribution in [-0.2, 0) is 17.6 Å². The van der Waals surface area contributed by atoms with Gasteiger partial charge in [0.1, 0.15) is 5.82 Å². The first kappa shape index (κ1) is 23.4. The van der Waals surface area contributed by atoms with Gasteiger partial charge in [-0.1, -0.05) is 13.8 Å². The fourth-order valence-corrected chi connectivity index (χ4v) is 4.89. The summed E-state index contributed by atoms with van der Waals surface area (Å²) in [4.78, 5) is 21.4. The van der Waals surface area contributed by atoms with Gasteiger partial charge in [0.15, 0.2) is 5.13 Å². The molecule has 0 bridgehead atoms. The molecule has 4 rings (SSSR count). The Morgan fingerprint density at radius 1 is 1.09 bits per heavy atom. The van der Waals surface area contributed by atoms with Crippen LogP contribution in [0.4, 0.5) is 10.9 Å². The van der Waals surface area contributed by atoms with Crippen LogP contribution in [0.5, 0.6) is 5.88 Å². The molecule has 2 atom stereocenters. The largest absolute Gasteiger partial charge is 0.481 e. The van der Waals surface area contributed by atoms with Crippen LogP contribution in [-0.4, -0.2) is 58.9 Å². The molecule has 1 saturated heterocycles. The van der Waals surface area contributed by atoms with Gasteiger partial charge in [-0.2, -0.15) is 0 Å². The molecule has 176 valence electrons. The van der Waals surface area contributed by atoms with Crippen molar-refractivity contribution in [2.45, 2.75) is 52.7 Å². The molecular weight excluding hydrogens is 436 g/mol. The smallest absolute Gasteiger partial charge is 0.213 e. The first-order valence-corrected chi connectivity index (χ1v) is 12.4. The molecule has 0 radical (unpaired) electrons. The van der Waals surface area contributed by atoms with E-state index in [0.29, 0.717) is 12.5 Å². The summed E-state index contributed by atoms with van der Waals surface area (Å²) in [6.07, 6.45) is 3.46. The second-order valence-corrected chi connectivity index (χ2v) is 8.85. The summed E-state index contributed by atoms with van der Waals surface area (Å²) in [6, 6.07) is 4.00. The molecule has 1 aliphatic heterocycles. The van der Waals surface area contributed by atoms with Gasteiger partial charge in [0, 0.05) is 42.9 Å². The lowest BCUT2D eigenvalue weighted by Gasteiger charge is -2.22. The van der Waals surface area contributed by atoms with Crippen LogP contribution >= 0.6 is 11.3 Å². The van der Waals surface area contributed by atoms with Gasteiger partial charge in [-0.05, 0) is 32.8 Å². The lowest BCUT2D eigenvalue weighted by atomic mass is 10.1. The molecule has 3 aromatic rings. The Morgan fingerprint density at radius 3 is 2.55 bits per heavy atom.